The summed E-state index contributed by atoms with van der Waals surface area (Å²) in [4.78, 5) is 18.5. The van der Waals surface area contributed by atoms with E-state index in [2.05, 4.69) is 19.0 Å². The summed E-state index contributed by atoms with van der Waals surface area (Å²) in [5, 5.41) is 2.01. The summed E-state index contributed by atoms with van der Waals surface area (Å²) >= 11 is 1.68. The number of rotatable bonds is 4. The minimum absolute atomic E-state index is 0.0852. The molecule has 4 rings (SSSR count). The van der Waals surface area contributed by atoms with Gasteiger partial charge in [-0.25, -0.2) is 8.42 Å². The summed E-state index contributed by atoms with van der Waals surface area (Å²) in [5.74, 6) is -0.0852. The largest absolute Gasteiger partial charge is 0.339 e. The summed E-state index contributed by atoms with van der Waals surface area (Å²) in [6.07, 6.45) is 2.62. The van der Waals surface area contributed by atoms with Crippen LogP contribution in [0.2, 0.25) is 0 Å². The molecule has 0 spiro atoms. The van der Waals surface area contributed by atoms with Gasteiger partial charge in [0, 0.05) is 42.7 Å². The first kappa shape index (κ1) is 20.5. The van der Waals surface area contributed by atoms with Gasteiger partial charge in [0.2, 0.25) is 10.0 Å². The lowest BCUT2D eigenvalue weighted by atomic mass is 10.0. The maximum absolute atomic E-state index is 13.2. The van der Waals surface area contributed by atoms with Crippen molar-refractivity contribution < 1.29 is 13.2 Å². The number of sulfonamides is 1. The lowest BCUT2D eigenvalue weighted by Gasteiger charge is -2.35. The zero-order valence-electron chi connectivity index (χ0n) is 16.9. The van der Waals surface area contributed by atoms with Gasteiger partial charge in [-0.15, -0.1) is 11.3 Å². The third kappa shape index (κ3) is 4.12. The van der Waals surface area contributed by atoms with Crippen LogP contribution in [-0.2, 0) is 23.0 Å². The van der Waals surface area contributed by atoms with E-state index in [-0.39, 0.29) is 10.8 Å². The smallest absolute Gasteiger partial charge is 0.253 e. The Morgan fingerprint density at radius 3 is 2.62 bits per heavy atom. The third-order valence-corrected chi connectivity index (χ3v) is 8.84. The first-order valence-corrected chi connectivity index (χ1v) is 12.3. The summed E-state index contributed by atoms with van der Waals surface area (Å²) in [5.41, 5.74) is 1.53. The van der Waals surface area contributed by atoms with Gasteiger partial charge in [0.25, 0.3) is 5.91 Å². The molecule has 0 unspecified atom stereocenters. The molecule has 0 saturated carbocycles. The van der Waals surface area contributed by atoms with E-state index in [9.17, 15) is 13.2 Å². The van der Waals surface area contributed by atoms with Crippen molar-refractivity contribution in [2.24, 2.45) is 0 Å². The Morgan fingerprint density at radius 1 is 1.14 bits per heavy atom. The van der Waals surface area contributed by atoms with E-state index in [0.717, 1.165) is 24.8 Å². The quantitative estimate of drug-likeness (QED) is 0.744. The summed E-state index contributed by atoms with van der Waals surface area (Å²) in [6.45, 7) is 2.28. The topological polar surface area (TPSA) is 60.9 Å². The van der Waals surface area contributed by atoms with Gasteiger partial charge in [0.15, 0.2) is 0 Å². The zero-order chi connectivity index (χ0) is 20.6. The van der Waals surface area contributed by atoms with Gasteiger partial charge in [-0.2, -0.15) is 4.31 Å². The van der Waals surface area contributed by atoms with Crippen molar-refractivity contribution in [2.45, 2.75) is 36.7 Å². The Bertz CT molecular complexity index is 992. The van der Waals surface area contributed by atoms with Gasteiger partial charge in [-0.1, -0.05) is 6.07 Å². The fraction of sp³-hybridized carbons (Fsp3) is 0.476. The maximum atomic E-state index is 13.2. The number of amides is 1. The molecule has 29 heavy (non-hydrogen) atoms. The van der Waals surface area contributed by atoms with E-state index in [0.29, 0.717) is 37.8 Å². The van der Waals surface area contributed by atoms with Gasteiger partial charge in [0.05, 0.1) is 4.90 Å². The second kappa shape index (κ2) is 8.18. The molecule has 1 amide bonds. The average Bonchev–Trinajstić information content (AvgIpc) is 3.21. The first-order valence-electron chi connectivity index (χ1n) is 9.97. The lowest BCUT2D eigenvalue weighted by Crippen LogP contribution is -2.44. The number of hydrogen-bond acceptors (Lipinski definition) is 5. The maximum Gasteiger partial charge on any atom is 0.253 e. The van der Waals surface area contributed by atoms with Crippen LogP contribution in [0.3, 0.4) is 0 Å². The fourth-order valence-corrected chi connectivity index (χ4v) is 6.49. The highest BCUT2D eigenvalue weighted by Crippen LogP contribution is 2.28. The first-order chi connectivity index (χ1) is 13.9. The zero-order valence-corrected chi connectivity index (χ0v) is 18.5. The average molecular weight is 434 g/mol. The molecule has 2 aliphatic rings. The standard InChI is InChI=1S/C21H27N3O3S2/c1-22(2)18-6-10-23(11-7-18)21(25)16-4-3-5-19(14-16)29(26,27)24-12-8-20-17(15-24)9-13-28-20/h3-5,9,13-14,18H,6-8,10-12,15H2,1-2H3. The highest BCUT2D eigenvalue weighted by atomic mass is 32.2. The number of carbonyl (C=O) groups excluding carboxylic acids is 1. The van der Waals surface area contributed by atoms with Crippen LogP contribution in [0, 0.1) is 0 Å². The normalized spacial score (nSPS) is 18.8. The van der Waals surface area contributed by atoms with Gasteiger partial charge in [0.1, 0.15) is 0 Å². The van der Waals surface area contributed by atoms with E-state index in [1.807, 2.05) is 16.3 Å². The molecular weight excluding hydrogens is 406 g/mol. The monoisotopic (exact) mass is 433 g/mol. The molecule has 0 radical (unpaired) electrons. The lowest BCUT2D eigenvalue weighted by molar-refractivity contribution is 0.0663. The molecule has 6 nitrogen and oxygen atoms in total. The Kier molecular flexibility index (Phi) is 5.79. The summed E-state index contributed by atoms with van der Waals surface area (Å²) < 4.78 is 27.9. The molecular formula is C21H27N3O3S2. The van der Waals surface area contributed by atoms with Crippen LogP contribution in [0.15, 0.2) is 40.6 Å². The number of piperidine rings is 1. The van der Waals surface area contributed by atoms with Gasteiger partial charge in [-0.3, -0.25) is 4.79 Å². The van der Waals surface area contributed by atoms with Gasteiger partial charge < -0.3 is 9.80 Å². The van der Waals surface area contributed by atoms with Crippen LogP contribution >= 0.6 is 11.3 Å². The van der Waals surface area contributed by atoms with Crippen molar-refractivity contribution in [3.63, 3.8) is 0 Å². The number of carbonyl (C=O) groups is 1. The van der Waals surface area contributed by atoms with Crippen molar-refractivity contribution in [2.75, 3.05) is 33.7 Å². The van der Waals surface area contributed by atoms with Crippen molar-refractivity contribution in [1.29, 1.82) is 0 Å². The minimum atomic E-state index is -3.63. The molecule has 1 saturated heterocycles. The summed E-state index contributed by atoms with van der Waals surface area (Å²) in [7, 11) is 0.502. The predicted molar refractivity (Wildman–Crippen MR) is 115 cm³/mol. The Morgan fingerprint density at radius 2 is 1.90 bits per heavy atom. The Hall–Kier alpha value is -1.74. The van der Waals surface area contributed by atoms with Crippen LogP contribution in [0.5, 0.6) is 0 Å². The Labute approximate surface area is 176 Å². The number of nitrogens with zero attached hydrogens (tertiary/aromatic N) is 3. The van der Waals surface area contributed by atoms with Gasteiger partial charge in [-0.05, 0) is 68.6 Å². The second-order valence-electron chi connectivity index (χ2n) is 7.97. The molecule has 2 aliphatic heterocycles. The molecule has 0 aliphatic carbocycles. The molecule has 1 aromatic carbocycles. The van der Waals surface area contributed by atoms with Crippen molar-refractivity contribution >= 4 is 27.3 Å². The molecule has 8 heteroatoms. The highest BCUT2D eigenvalue weighted by molar-refractivity contribution is 7.89. The molecule has 2 aromatic rings. The number of benzene rings is 1. The van der Waals surface area contributed by atoms with Crippen molar-refractivity contribution in [1.82, 2.24) is 14.1 Å². The third-order valence-electron chi connectivity index (χ3n) is 5.97. The molecule has 1 aromatic heterocycles. The highest BCUT2D eigenvalue weighted by Gasteiger charge is 2.30. The van der Waals surface area contributed by atoms with Crippen molar-refractivity contribution in [3.05, 3.63) is 51.7 Å². The fourth-order valence-electron chi connectivity index (χ4n) is 4.13. The molecule has 0 atom stereocenters. The molecule has 0 N–H and O–H groups in total. The summed E-state index contributed by atoms with van der Waals surface area (Å²) in [6, 6.07) is 9.01. The molecule has 0 bridgehead atoms. The van der Waals surface area contributed by atoms with Crippen LogP contribution in [0.4, 0.5) is 0 Å². The Balaban J connectivity index is 1.51. The number of thiophene rings is 1. The van der Waals surface area contributed by atoms with E-state index in [1.54, 1.807) is 35.6 Å². The number of fused-ring (bicyclic) bond motifs is 1. The van der Waals surface area contributed by atoms with Crippen LogP contribution in [0.1, 0.15) is 33.6 Å². The van der Waals surface area contributed by atoms with Crippen LogP contribution < -0.4 is 0 Å². The van der Waals surface area contributed by atoms with E-state index < -0.39 is 10.0 Å². The van der Waals surface area contributed by atoms with Crippen LogP contribution in [0.25, 0.3) is 0 Å². The minimum Gasteiger partial charge on any atom is -0.339 e. The SMILES string of the molecule is CN(C)C1CCN(C(=O)c2cccc(S(=O)(=O)N3CCc4sccc4C3)c2)CC1. The molecule has 156 valence electrons. The number of likely N-dealkylation sites (tertiary alicyclic amines) is 1. The predicted octanol–water partition coefficient (Wildman–Crippen LogP) is 2.66. The molecule has 1 fully saturated rings. The number of hydrogen-bond donors (Lipinski definition) is 0. The van der Waals surface area contributed by atoms with E-state index in [4.69, 9.17) is 0 Å². The van der Waals surface area contributed by atoms with Crippen LogP contribution in [-0.4, -0.2) is 68.2 Å². The van der Waals surface area contributed by atoms with E-state index >= 15 is 0 Å². The van der Waals surface area contributed by atoms with Gasteiger partial charge >= 0.3 is 0 Å². The van der Waals surface area contributed by atoms with E-state index in [1.165, 1.54) is 9.18 Å². The second-order valence-corrected chi connectivity index (χ2v) is 10.9. The molecule has 3 heterocycles. The van der Waals surface area contributed by atoms with Crippen molar-refractivity contribution in [3.8, 4) is 0 Å².